The van der Waals surface area contributed by atoms with Crippen LogP contribution in [0.5, 0.6) is 0 Å². The Morgan fingerprint density at radius 3 is 2.55 bits per heavy atom. The zero-order chi connectivity index (χ0) is 21.7. The zero-order valence-corrected chi connectivity index (χ0v) is 17.9. The van der Waals surface area contributed by atoms with Crippen LogP contribution in [-0.2, 0) is 28.6 Å². The molecular formula is C22H30O7. The van der Waals surface area contributed by atoms with Crippen molar-refractivity contribution in [1.82, 2.24) is 0 Å². The van der Waals surface area contributed by atoms with Crippen molar-refractivity contribution >= 4 is 17.9 Å². The third-order valence-corrected chi connectivity index (χ3v) is 6.83. The van der Waals surface area contributed by atoms with Gasteiger partial charge in [-0.15, -0.1) is 0 Å². The lowest BCUT2D eigenvalue weighted by Gasteiger charge is -2.35. The van der Waals surface area contributed by atoms with Crippen LogP contribution in [0.25, 0.3) is 0 Å². The molecule has 1 aliphatic heterocycles. The maximum Gasteiger partial charge on any atom is 0.351 e. The molecule has 0 aromatic heterocycles. The number of carbonyl (C=O) groups is 3. The van der Waals surface area contributed by atoms with Gasteiger partial charge in [0, 0.05) is 30.8 Å². The molecule has 1 saturated carbocycles. The van der Waals surface area contributed by atoms with Gasteiger partial charge in [-0.1, -0.05) is 17.7 Å². The molecule has 7 heteroatoms. The molecule has 3 aliphatic rings. The average molecular weight is 406 g/mol. The first kappa shape index (κ1) is 21.6. The van der Waals surface area contributed by atoms with E-state index >= 15 is 0 Å². The van der Waals surface area contributed by atoms with Crippen molar-refractivity contribution in [2.75, 3.05) is 0 Å². The van der Waals surface area contributed by atoms with Gasteiger partial charge in [-0.05, 0) is 41.0 Å². The third kappa shape index (κ3) is 3.50. The van der Waals surface area contributed by atoms with E-state index in [1.54, 1.807) is 26.8 Å². The van der Waals surface area contributed by atoms with Gasteiger partial charge in [-0.2, -0.15) is 0 Å². The number of ether oxygens (including phenoxy) is 3. The van der Waals surface area contributed by atoms with Crippen molar-refractivity contribution in [3.63, 3.8) is 0 Å². The van der Waals surface area contributed by atoms with Crippen molar-refractivity contribution in [1.29, 1.82) is 0 Å². The summed E-state index contributed by atoms with van der Waals surface area (Å²) in [5.41, 5.74) is -1.32. The summed E-state index contributed by atoms with van der Waals surface area (Å²) >= 11 is 0. The molecule has 1 unspecified atom stereocenters. The van der Waals surface area contributed by atoms with Gasteiger partial charge in [-0.3, -0.25) is 4.79 Å². The summed E-state index contributed by atoms with van der Waals surface area (Å²) in [7, 11) is 0. The Balaban J connectivity index is 2.10. The maximum absolute atomic E-state index is 12.9. The minimum absolute atomic E-state index is 0.118. The van der Waals surface area contributed by atoms with Gasteiger partial charge in [0.2, 0.25) is 5.60 Å². The quantitative estimate of drug-likeness (QED) is 0.333. The van der Waals surface area contributed by atoms with Crippen molar-refractivity contribution in [3.8, 4) is 0 Å². The highest BCUT2D eigenvalue weighted by Gasteiger charge is 2.67. The summed E-state index contributed by atoms with van der Waals surface area (Å²) in [5.74, 6) is -2.94. The number of rotatable bonds is 3. The molecule has 1 saturated heterocycles. The van der Waals surface area contributed by atoms with Crippen molar-refractivity contribution in [2.45, 2.75) is 77.8 Å². The van der Waals surface area contributed by atoms with Gasteiger partial charge >= 0.3 is 17.9 Å². The third-order valence-electron chi connectivity index (χ3n) is 6.83. The molecule has 0 spiro atoms. The van der Waals surface area contributed by atoms with Crippen molar-refractivity contribution < 1.29 is 33.7 Å². The van der Waals surface area contributed by atoms with Crippen LogP contribution in [0.4, 0.5) is 0 Å². The largest absolute Gasteiger partial charge is 0.458 e. The molecule has 2 aliphatic carbocycles. The Labute approximate surface area is 171 Å². The maximum atomic E-state index is 12.9. The second kappa shape index (κ2) is 7.27. The molecule has 3 rings (SSSR count). The molecule has 1 heterocycles. The molecule has 0 aromatic rings. The summed E-state index contributed by atoms with van der Waals surface area (Å²) < 4.78 is 17.0. The molecule has 1 N–H and O–H groups in total. The van der Waals surface area contributed by atoms with Gasteiger partial charge in [0.1, 0.15) is 12.2 Å². The van der Waals surface area contributed by atoms with Gasteiger partial charge in [0.15, 0.2) is 0 Å². The smallest absolute Gasteiger partial charge is 0.351 e. The fourth-order valence-electron chi connectivity index (χ4n) is 5.23. The van der Waals surface area contributed by atoms with E-state index < -0.39 is 47.2 Å². The summed E-state index contributed by atoms with van der Waals surface area (Å²) in [6.45, 7) is 9.78. The predicted molar refractivity (Wildman–Crippen MR) is 103 cm³/mol. The number of aliphatic hydroxyl groups is 1. The zero-order valence-electron chi connectivity index (χ0n) is 17.9. The predicted octanol–water partition coefficient (Wildman–Crippen LogP) is 2.46. The molecule has 7 nitrogen and oxygen atoms in total. The van der Waals surface area contributed by atoms with E-state index in [1.165, 1.54) is 13.8 Å². The molecule has 2 fully saturated rings. The van der Waals surface area contributed by atoms with Crippen LogP contribution >= 0.6 is 0 Å². The van der Waals surface area contributed by atoms with Gasteiger partial charge in [-0.25, -0.2) is 9.59 Å². The van der Waals surface area contributed by atoms with Crippen molar-refractivity contribution in [2.24, 2.45) is 17.8 Å². The number of hydrogen-bond donors (Lipinski definition) is 1. The molecule has 0 aromatic carbocycles. The van der Waals surface area contributed by atoms with Crippen LogP contribution in [0, 0.1) is 17.8 Å². The first-order valence-electron chi connectivity index (χ1n) is 10.1. The van der Waals surface area contributed by atoms with E-state index in [4.69, 9.17) is 14.2 Å². The van der Waals surface area contributed by atoms with Crippen molar-refractivity contribution in [3.05, 3.63) is 23.3 Å². The number of hydrogen-bond acceptors (Lipinski definition) is 7. The SMILES string of the molecule is C/C=C(/C)C(=O)O[C@H]1C[C@](C)(O)[C@H]2CC=C(C)[C@H]2[C@@H]2OC(=O)C(C)(OC(C)=O)[C@@H]21. The van der Waals surface area contributed by atoms with E-state index in [9.17, 15) is 19.5 Å². The monoisotopic (exact) mass is 406 g/mol. The topological polar surface area (TPSA) is 99.1 Å². The molecular weight excluding hydrogens is 376 g/mol. The Hall–Kier alpha value is -2.15. The van der Waals surface area contributed by atoms with E-state index in [2.05, 4.69) is 0 Å². The molecule has 7 atom stereocenters. The van der Waals surface area contributed by atoms with Gasteiger partial charge < -0.3 is 19.3 Å². The highest BCUT2D eigenvalue weighted by molar-refractivity contribution is 5.88. The number of esters is 3. The molecule has 29 heavy (non-hydrogen) atoms. The Morgan fingerprint density at radius 2 is 1.97 bits per heavy atom. The van der Waals surface area contributed by atoms with Crippen LogP contribution < -0.4 is 0 Å². The summed E-state index contributed by atoms with van der Waals surface area (Å²) in [4.78, 5) is 37.2. The lowest BCUT2D eigenvalue weighted by atomic mass is 9.75. The number of carbonyl (C=O) groups excluding carboxylic acids is 3. The van der Waals surface area contributed by atoms with E-state index in [0.29, 0.717) is 12.0 Å². The van der Waals surface area contributed by atoms with E-state index in [0.717, 1.165) is 5.57 Å². The normalized spacial score (nSPS) is 41.6. The van der Waals surface area contributed by atoms with Crippen LogP contribution in [-0.4, -0.2) is 46.4 Å². The van der Waals surface area contributed by atoms with E-state index in [-0.39, 0.29) is 18.3 Å². The average Bonchev–Trinajstić information content (AvgIpc) is 3.08. The number of fused-ring (bicyclic) bond motifs is 3. The number of allylic oxidation sites excluding steroid dienone is 2. The lowest BCUT2D eigenvalue weighted by Crippen LogP contribution is -2.50. The fraction of sp³-hybridized carbons (Fsp3) is 0.682. The van der Waals surface area contributed by atoms with Gasteiger partial charge in [0.05, 0.1) is 11.5 Å². The second-order valence-electron chi connectivity index (χ2n) is 8.89. The highest BCUT2D eigenvalue weighted by atomic mass is 16.6. The Bertz CT molecular complexity index is 793. The minimum Gasteiger partial charge on any atom is -0.458 e. The minimum atomic E-state index is -1.60. The Morgan fingerprint density at radius 1 is 1.31 bits per heavy atom. The molecule has 0 radical (unpaired) electrons. The molecule has 0 amide bonds. The summed E-state index contributed by atoms with van der Waals surface area (Å²) in [6.07, 6.45) is 2.93. The molecule has 0 bridgehead atoms. The molecule has 160 valence electrons. The standard InChI is InChI=1S/C22H30O7/c1-7-11(2)19(24)27-15-10-21(5,26)14-9-8-12(3)16(14)18-17(15)22(6,20(25)28-18)29-13(4)23/h7-8,14-18,26H,9-10H2,1-6H3/b11-7-/t14-,15-,16+,17+,18-,21-,22?/m0/s1. The second-order valence-corrected chi connectivity index (χ2v) is 8.89. The Kier molecular flexibility index (Phi) is 5.41. The van der Waals surface area contributed by atoms with Crippen LogP contribution in [0.2, 0.25) is 0 Å². The summed E-state index contributed by atoms with van der Waals surface area (Å²) in [6, 6.07) is 0. The van der Waals surface area contributed by atoms with Gasteiger partial charge in [0.25, 0.3) is 0 Å². The van der Waals surface area contributed by atoms with Crippen LogP contribution in [0.3, 0.4) is 0 Å². The first-order chi connectivity index (χ1) is 13.4. The van der Waals surface area contributed by atoms with E-state index in [1.807, 2.05) is 13.0 Å². The highest BCUT2D eigenvalue weighted by Crippen LogP contribution is 2.54. The summed E-state index contributed by atoms with van der Waals surface area (Å²) in [5, 5.41) is 11.3. The fourth-order valence-corrected chi connectivity index (χ4v) is 5.23. The first-order valence-corrected chi connectivity index (χ1v) is 10.1. The lowest BCUT2D eigenvalue weighted by molar-refractivity contribution is -0.179. The van der Waals surface area contributed by atoms with Crippen LogP contribution in [0.1, 0.15) is 54.4 Å². The van der Waals surface area contributed by atoms with Crippen LogP contribution in [0.15, 0.2) is 23.3 Å².